The van der Waals surface area contributed by atoms with Crippen LogP contribution >= 0.6 is 0 Å². The van der Waals surface area contributed by atoms with Crippen LogP contribution < -0.4 is 14.4 Å². The Morgan fingerprint density at radius 2 is 1.90 bits per heavy atom. The summed E-state index contributed by atoms with van der Waals surface area (Å²) in [4.78, 5) is 18.6. The number of benzene rings is 2. The zero-order chi connectivity index (χ0) is 36.1. The van der Waals surface area contributed by atoms with Crippen LogP contribution in [0.4, 0.5) is 14.6 Å². The molecule has 2 saturated carbocycles. The van der Waals surface area contributed by atoms with E-state index in [1.807, 2.05) is 0 Å². The highest BCUT2D eigenvalue weighted by Gasteiger charge is 2.51. The Labute approximate surface area is 300 Å². The van der Waals surface area contributed by atoms with Gasteiger partial charge in [-0.25, -0.2) is 13.8 Å². The average Bonchev–Trinajstić information content (AvgIpc) is 3.44. The molecule has 8 rings (SSSR count). The summed E-state index contributed by atoms with van der Waals surface area (Å²) in [6.07, 6.45) is 12.6. The molecule has 0 amide bonds. The molecule has 4 heterocycles. The molecule has 2 N–H and O–H groups in total. The van der Waals surface area contributed by atoms with Gasteiger partial charge in [-0.1, -0.05) is 18.4 Å². The van der Waals surface area contributed by atoms with E-state index in [4.69, 9.17) is 30.4 Å². The molecule has 52 heavy (non-hydrogen) atoms. The normalized spacial score (nSPS) is 26.5. The van der Waals surface area contributed by atoms with E-state index in [0.717, 1.165) is 51.5 Å². The van der Waals surface area contributed by atoms with Crippen LogP contribution in [-0.2, 0) is 9.47 Å². The van der Waals surface area contributed by atoms with Crippen molar-refractivity contribution >= 4 is 27.5 Å². The molecule has 4 aliphatic rings. The summed E-state index contributed by atoms with van der Waals surface area (Å²) in [5.74, 6) is 0.945. The van der Waals surface area contributed by atoms with Gasteiger partial charge in [0.2, 0.25) is 5.88 Å². The fourth-order valence-electron chi connectivity index (χ4n) is 9.05. The maximum absolute atomic E-state index is 17.2. The number of phenolic OH excluding ortho intramolecular Hbond substituents is 1. The van der Waals surface area contributed by atoms with E-state index in [2.05, 4.69) is 20.8 Å². The number of halogens is 2. The Kier molecular flexibility index (Phi) is 9.28. The van der Waals surface area contributed by atoms with E-state index in [0.29, 0.717) is 43.3 Å². The van der Waals surface area contributed by atoms with Crippen LogP contribution in [0, 0.1) is 29.4 Å². The van der Waals surface area contributed by atoms with Gasteiger partial charge in [0.05, 0.1) is 44.7 Å². The third kappa shape index (κ3) is 5.95. The lowest BCUT2D eigenvalue weighted by atomic mass is 9.73. The highest BCUT2D eigenvalue weighted by molar-refractivity contribution is 6.04. The van der Waals surface area contributed by atoms with Crippen molar-refractivity contribution in [2.45, 2.75) is 69.2 Å². The van der Waals surface area contributed by atoms with Gasteiger partial charge in [0, 0.05) is 48.6 Å². The Morgan fingerprint density at radius 1 is 1.08 bits per heavy atom. The molecule has 2 aliphatic heterocycles. The van der Waals surface area contributed by atoms with Gasteiger partial charge in [-0.3, -0.25) is 4.90 Å². The quantitative estimate of drug-likeness (QED) is 0.234. The van der Waals surface area contributed by atoms with Crippen molar-refractivity contribution in [1.82, 2.24) is 19.9 Å². The lowest BCUT2D eigenvalue weighted by molar-refractivity contribution is -0.0845. The van der Waals surface area contributed by atoms with Gasteiger partial charge in [0.25, 0.3) is 0 Å². The molecule has 3 atom stereocenters. The SMILES string of the molecule is C#Cc1c(F)ccc2cc(O)cc(-c3nc(OC)c4c(N5CCOCC(O)C5)nc(OCC56CCCC5N(C5CC(OC)C5)CCC6)nc4c3F)c12. The van der Waals surface area contributed by atoms with E-state index in [1.165, 1.54) is 31.4 Å². The summed E-state index contributed by atoms with van der Waals surface area (Å²) in [6, 6.07) is 6.24. The lowest BCUT2D eigenvalue weighted by Gasteiger charge is -2.53. The molecule has 4 fully saturated rings. The number of aliphatic hydroxyl groups is 1. The second-order valence-corrected chi connectivity index (χ2v) is 14.6. The van der Waals surface area contributed by atoms with Gasteiger partial charge in [-0.2, -0.15) is 9.97 Å². The fraction of sp³-hybridized carbons (Fsp3) is 0.513. The first-order chi connectivity index (χ1) is 25.2. The van der Waals surface area contributed by atoms with Crippen molar-refractivity contribution in [2.75, 3.05) is 58.6 Å². The van der Waals surface area contributed by atoms with E-state index in [1.54, 1.807) is 12.0 Å². The minimum Gasteiger partial charge on any atom is -0.508 e. The molecule has 2 aromatic carbocycles. The zero-order valence-electron chi connectivity index (χ0n) is 29.4. The van der Waals surface area contributed by atoms with E-state index < -0.39 is 17.7 Å². The number of likely N-dealkylation sites (tertiary alicyclic amines) is 1. The van der Waals surface area contributed by atoms with Crippen LogP contribution in [0.2, 0.25) is 0 Å². The summed E-state index contributed by atoms with van der Waals surface area (Å²) in [6.45, 7) is 2.37. The van der Waals surface area contributed by atoms with E-state index in [-0.39, 0.29) is 75.1 Å². The van der Waals surface area contributed by atoms with Gasteiger partial charge >= 0.3 is 6.01 Å². The molecule has 2 saturated heterocycles. The second-order valence-electron chi connectivity index (χ2n) is 14.6. The predicted molar refractivity (Wildman–Crippen MR) is 191 cm³/mol. The van der Waals surface area contributed by atoms with Crippen molar-refractivity contribution in [3.8, 4) is 41.2 Å². The van der Waals surface area contributed by atoms with Crippen LogP contribution in [0.1, 0.15) is 50.5 Å². The largest absolute Gasteiger partial charge is 0.508 e. The lowest BCUT2D eigenvalue weighted by Crippen LogP contribution is -2.59. The van der Waals surface area contributed by atoms with Crippen LogP contribution in [0.15, 0.2) is 24.3 Å². The van der Waals surface area contributed by atoms with Crippen LogP contribution in [-0.4, -0.2) is 108 Å². The number of ether oxygens (including phenoxy) is 4. The van der Waals surface area contributed by atoms with Gasteiger partial charge in [-0.15, -0.1) is 6.42 Å². The number of methoxy groups -OCH3 is 2. The van der Waals surface area contributed by atoms with Crippen molar-refractivity contribution in [3.05, 3.63) is 41.5 Å². The number of hydrogen-bond acceptors (Lipinski definition) is 11. The summed E-state index contributed by atoms with van der Waals surface area (Å²) >= 11 is 0. The number of rotatable bonds is 8. The molecule has 11 nitrogen and oxygen atoms in total. The molecule has 4 aromatic rings. The number of aliphatic hydroxyl groups excluding tert-OH is 1. The van der Waals surface area contributed by atoms with Gasteiger partial charge < -0.3 is 34.1 Å². The number of fused-ring (bicyclic) bond motifs is 3. The molecule has 274 valence electrons. The number of aromatic hydroxyl groups is 1. The number of anilines is 1. The zero-order valence-corrected chi connectivity index (χ0v) is 29.4. The second kappa shape index (κ2) is 13.9. The third-order valence-electron chi connectivity index (χ3n) is 11.6. The number of nitrogens with zero attached hydrogens (tertiary/aromatic N) is 5. The number of phenols is 1. The van der Waals surface area contributed by atoms with E-state index in [9.17, 15) is 10.2 Å². The summed E-state index contributed by atoms with van der Waals surface area (Å²) in [5.41, 5.74) is -0.498. The average molecular weight is 716 g/mol. The maximum Gasteiger partial charge on any atom is 0.319 e. The van der Waals surface area contributed by atoms with Crippen molar-refractivity contribution in [2.24, 2.45) is 5.41 Å². The molecular formula is C39H43F2N5O6. The topological polar surface area (TPSA) is 123 Å². The molecular weight excluding hydrogens is 672 g/mol. The van der Waals surface area contributed by atoms with Gasteiger partial charge in [0.15, 0.2) is 5.82 Å². The van der Waals surface area contributed by atoms with E-state index >= 15 is 8.78 Å². The van der Waals surface area contributed by atoms with Crippen LogP contribution in [0.3, 0.4) is 0 Å². The monoisotopic (exact) mass is 715 g/mol. The van der Waals surface area contributed by atoms with Crippen molar-refractivity contribution in [1.29, 1.82) is 0 Å². The van der Waals surface area contributed by atoms with Crippen LogP contribution in [0.5, 0.6) is 17.6 Å². The minimum absolute atomic E-state index is 0.00464. The molecule has 2 aliphatic carbocycles. The Morgan fingerprint density at radius 3 is 2.69 bits per heavy atom. The Bertz CT molecular complexity index is 2050. The standard InChI is InChI=1S/C39H43F2N5O6/c1-4-27-29(40)9-8-22-15-24(47)18-28(31(22)27)34-33(41)35-32(37(42-34)50-3)36(45-13-14-51-20-25(48)19-45)44-38(43-35)52-21-39-10-5-7-30(39)46(12-6-11-39)23-16-26(17-23)49-2/h1,8-9,15,18,23,25-26,30,47-48H,5-7,10-14,16-17,19-21H2,2-3H3. The minimum atomic E-state index is -0.853. The Hall–Kier alpha value is -4.35. The molecule has 13 heteroatoms. The number of terminal acetylenes is 1. The molecule has 2 aromatic heterocycles. The number of pyridine rings is 1. The molecule has 0 spiro atoms. The smallest absolute Gasteiger partial charge is 0.319 e. The maximum atomic E-state index is 17.2. The van der Waals surface area contributed by atoms with Crippen LogP contribution in [0.25, 0.3) is 32.9 Å². The summed E-state index contributed by atoms with van der Waals surface area (Å²) in [7, 11) is 3.18. The number of β-amino-alcohol motifs (C(OH)–C–C–N with tert-alkyl or cyclic N) is 1. The first kappa shape index (κ1) is 34.7. The molecule has 3 unspecified atom stereocenters. The third-order valence-corrected chi connectivity index (χ3v) is 11.6. The highest BCUT2D eigenvalue weighted by Crippen LogP contribution is 2.50. The fourth-order valence-corrected chi connectivity index (χ4v) is 9.05. The predicted octanol–water partition coefficient (Wildman–Crippen LogP) is 5.21. The summed E-state index contributed by atoms with van der Waals surface area (Å²) < 4.78 is 55.7. The number of piperidine rings is 1. The molecule has 0 bridgehead atoms. The van der Waals surface area contributed by atoms with Crippen molar-refractivity contribution in [3.63, 3.8) is 0 Å². The van der Waals surface area contributed by atoms with Gasteiger partial charge in [-0.05, 0) is 68.7 Å². The highest BCUT2D eigenvalue weighted by atomic mass is 19.1. The number of hydrogen-bond donors (Lipinski definition) is 2. The first-order valence-corrected chi connectivity index (χ1v) is 18.0. The first-order valence-electron chi connectivity index (χ1n) is 18.0. The summed E-state index contributed by atoms with van der Waals surface area (Å²) in [5, 5.41) is 22.2. The van der Waals surface area contributed by atoms with Gasteiger partial charge in [0.1, 0.15) is 34.0 Å². The number of aromatic nitrogens is 3. The molecule has 0 radical (unpaired) electrons. The van der Waals surface area contributed by atoms with Crippen molar-refractivity contribution < 1.29 is 37.9 Å². The Balaban J connectivity index is 1.25.